The third-order valence-electron chi connectivity index (χ3n) is 6.93. The van der Waals surface area contributed by atoms with E-state index in [1.165, 1.54) is 0 Å². The number of nitrogens with zero attached hydrogens (tertiary/aromatic N) is 3. The first-order valence-corrected chi connectivity index (χ1v) is 13.3. The first-order valence-electron chi connectivity index (χ1n) is 13.3. The van der Waals surface area contributed by atoms with Gasteiger partial charge < -0.3 is 29.7 Å². The minimum absolute atomic E-state index is 0.155. The van der Waals surface area contributed by atoms with Crippen LogP contribution in [0.2, 0.25) is 0 Å². The van der Waals surface area contributed by atoms with E-state index in [2.05, 4.69) is 10.3 Å². The van der Waals surface area contributed by atoms with Gasteiger partial charge in [-0.25, -0.2) is 9.78 Å². The molecular formula is C31H36N4O5. The number of rotatable bonds is 8. The third-order valence-corrected chi connectivity index (χ3v) is 6.93. The number of ether oxygens (including phenoxy) is 2. The van der Waals surface area contributed by atoms with E-state index >= 15 is 0 Å². The number of anilines is 1. The molecule has 0 bridgehead atoms. The molecule has 40 heavy (non-hydrogen) atoms. The molecule has 2 heterocycles. The van der Waals surface area contributed by atoms with Crippen LogP contribution in [0.3, 0.4) is 0 Å². The largest absolute Gasteiger partial charge is 0.497 e. The molecule has 4 rings (SSSR count). The average molecular weight is 545 g/mol. The average Bonchev–Trinajstić information content (AvgIpc) is 2.98. The van der Waals surface area contributed by atoms with Crippen LogP contribution in [-0.2, 0) is 0 Å². The van der Waals surface area contributed by atoms with Crippen molar-refractivity contribution < 1.29 is 24.2 Å². The highest BCUT2D eigenvalue weighted by atomic mass is 16.5. The van der Waals surface area contributed by atoms with Gasteiger partial charge in [0.05, 0.1) is 26.3 Å². The van der Waals surface area contributed by atoms with Crippen molar-refractivity contribution >= 4 is 29.8 Å². The number of aliphatic hydroxyl groups excluding tert-OH is 1. The summed E-state index contributed by atoms with van der Waals surface area (Å²) in [5.74, 6) is 0.432. The van der Waals surface area contributed by atoms with Crippen molar-refractivity contribution in [2.75, 3.05) is 39.2 Å². The molecule has 0 spiro atoms. The van der Waals surface area contributed by atoms with Gasteiger partial charge in [0, 0.05) is 37.5 Å². The number of likely N-dealkylation sites (N-methyl/N-ethyl adjacent to an activating group) is 1. The molecule has 0 unspecified atom stereocenters. The van der Waals surface area contributed by atoms with Gasteiger partial charge in [-0.3, -0.25) is 4.79 Å². The highest BCUT2D eigenvalue weighted by molar-refractivity contribution is 5.97. The molecule has 1 aromatic heterocycles. The quantitative estimate of drug-likeness (QED) is 0.428. The summed E-state index contributed by atoms with van der Waals surface area (Å²) in [7, 11) is 3.26. The fourth-order valence-corrected chi connectivity index (χ4v) is 4.46. The summed E-state index contributed by atoms with van der Waals surface area (Å²) < 4.78 is 11.6. The number of nitrogens with one attached hydrogen (secondary N) is 1. The van der Waals surface area contributed by atoms with Gasteiger partial charge >= 0.3 is 6.03 Å². The van der Waals surface area contributed by atoms with Gasteiger partial charge in [-0.05, 0) is 36.2 Å². The number of hydrogen-bond donors (Lipinski definition) is 2. The van der Waals surface area contributed by atoms with Crippen LogP contribution in [-0.4, -0.2) is 77.8 Å². The van der Waals surface area contributed by atoms with E-state index in [-0.39, 0.29) is 36.9 Å². The van der Waals surface area contributed by atoms with Gasteiger partial charge in [0.15, 0.2) is 0 Å². The Balaban J connectivity index is 1.58. The van der Waals surface area contributed by atoms with Gasteiger partial charge in [0.2, 0.25) is 5.88 Å². The maximum Gasteiger partial charge on any atom is 0.321 e. The van der Waals surface area contributed by atoms with Gasteiger partial charge in [-0.1, -0.05) is 55.5 Å². The molecule has 2 N–H and O–H groups in total. The Bertz CT molecular complexity index is 1350. The maximum absolute atomic E-state index is 13.6. The second kappa shape index (κ2) is 13.1. The number of aliphatic hydroxyl groups is 1. The standard InChI is InChI=1S/C31H36N4O5/c1-21-18-35(22(2)20-36)30(37)27-15-24(14-13-23-9-6-5-7-10-23)17-32-29(27)40-28(21)19-34(3)31(38)33-25-11-8-12-26(16-25)39-4/h5-17,21-22,28,36H,18-20H2,1-4H3,(H,33,38)/t21-,22+,28-/m1/s1. The van der Waals surface area contributed by atoms with Gasteiger partial charge in [-0.2, -0.15) is 0 Å². The lowest BCUT2D eigenvalue weighted by Crippen LogP contribution is -2.50. The highest BCUT2D eigenvalue weighted by Gasteiger charge is 2.34. The molecule has 0 aliphatic carbocycles. The van der Waals surface area contributed by atoms with Crippen LogP contribution in [0, 0.1) is 5.92 Å². The number of methoxy groups -OCH3 is 1. The first kappa shape index (κ1) is 28.6. The molecule has 0 radical (unpaired) electrons. The zero-order chi connectivity index (χ0) is 28.6. The van der Waals surface area contributed by atoms with Crippen molar-refractivity contribution in [2.24, 2.45) is 5.92 Å². The predicted octanol–water partition coefficient (Wildman–Crippen LogP) is 4.64. The summed E-state index contributed by atoms with van der Waals surface area (Å²) in [6.07, 6.45) is 5.05. The number of amides is 3. The molecule has 210 valence electrons. The Morgan fingerprint density at radius 3 is 2.67 bits per heavy atom. The number of carbonyl (C=O) groups is 2. The Morgan fingerprint density at radius 2 is 1.95 bits per heavy atom. The topological polar surface area (TPSA) is 104 Å². The molecule has 1 aliphatic rings. The molecule has 0 saturated heterocycles. The normalized spacial score (nSPS) is 17.8. The minimum Gasteiger partial charge on any atom is -0.497 e. The zero-order valence-electron chi connectivity index (χ0n) is 23.3. The second-order valence-electron chi connectivity index (χ2n) is 10.0. The van der Waals surface area contributed by atoms with E-state index < -0.39 is 12.1 Å². The third kappa shape index (κ3) is 6.98. The maximum atomic E-state index is 13.6. The lowest BCUT2D eigenvalue weighted by molar-refractivity contribution is 0.0356. The van der Waals surface area contributed by atoms with Crippen molar-refractivity contribution in [2.45, 2.75) is 26.0 Å². The summed E-state index contributed by atoms with van der Waals surface area (Å²) in [6, 6.07) is 18.0. The monoisotopic (exact) mass is 544 g/mol. The van der Waals surface area contributed by atoms with Crippen LogP contribution in [0.25, 0.3) is 12.2 Å². The number of carbonyl (C=O) groups excluding carboxylic acids is 2. The van der Waals surface area contributed by atoms with E-state index in [0.29, 0.717) is 23.5 Å². The summed E-state index contributed by atoms with van der Waals surface area (Å²) >= 11 is 0. The van der Waals surface area contributed by atoms with E-state index in [0.717, 1.165) is 11.1 Å². The number of urea groups is 1. The van der Waals surface area contributed by atoms with Crippen LogP contribution in [0.4, 0.5) is 10.5 Å². The predicted molar refractivity (Wildman–Crippen MR) is 155 cm³/mol. The van der Waals surface area contributed by atoms with E-state index in [9.17, 15) is 14.7 Å². The smallest absolute Gasteiger partial charge is 0.321 e. The highest BCUT2D eigenvalue weighted by Crippen LogP contribution is 2.28. The van der Waals surface area contributed by atoms with Crippen LogP contribution in [0.15, 0.2) is 66.9 Å². The lowest BCUT2D eigenvalue weighted by atomic mass is 10.00. The van der Waals surface area contributed by atoms with Crippen molar-refractivity contribution in [1.29, 1.82) is 0 Å². The number of pyridine rings is 1. The molecule has 3 atom stereocenters. The Kier molecular flexibility index (Phi) is 9.39. The minimum atomic E-state index is -0.459. The molecule has 0 fully saturated rings. The fraction of sp³-hybridized carbons (Fsp3) is 0.323. The van der Waals surface area contributed by atoms with Crippen molar-refractivity contribution in [3.05, 3.63) is 83.6 Å². The van der Waals surface area contributed by atoms with Gasteiger partial charge in [-0.15, -0.1) is 0 Å². The number of aromatic nitrogens is 1. The van der Waals surface area contributed by atoms with E-state index in [1.807, 2.05) is 56.3 Å². The number of benzene rings is 2. The fourth-order valence-electron chi connectivity index (χ4n) is 4.46. The first-order chi connectivity index (χ1) is 19.3. The van der Waals surface area contributed by atoms with Gasteiger partial charge in [0.1, 0.15) is 17.4 Å². The molecule has 1 aliphatic heterocycles. The van der Waals surface area contributed by atoms with Crippen molar-refractivity contribution in [1.82, 2.24) is 14.8 Å². The van der Waals surface area contributed by atoms with Crippen molar-refractivity contribution in [3.63, 3.8) is 0 Å². The summed E-state index contributed by atoms with van der Waals surface area (Å²) in [5.41, 5.74) is 2.70. The van der Waals surface area contributed by atoms with Crippen LogP contribution in [0.1, 0.15) is 35.3 Å². The summed E-state index contributed by atoms with van der Waals surface area (Å²) in [6.45, 7) is 4.19. The molecule has 9 heteroatoms. The SMILES string of the molecule is COc1cccc(NC(=O)N(C)C[C@H]2Oc3ncc(C=Cc4ccccc4)cc3C(=O)N([C@@H](C)CO)C[C@H]2C)c1. The summed E-state index contributed by atoms with van der Waals surface area (Å²) in [4.78, 5) is 34.3. The van der Waals surface area contributed by atoms with Gasteiger partial charge in [0.25, 0.3) is 5.91 Å². The second-order valence-corrected chi connectivity index (χ2v) is 10.0. The van der Waals surface area contributed by atoms with Crippen LogP contribution in [0.5, 0.6) is 11.6 Å². The van der Waals surface area contributed by atoms with Crippen LogP contribution < -0.4 is 14.8 Å². The molecule has 3 aromatic rings. The molecular weight excluding hydrogens is 508 g/mol. The Morgan fingerprint density at radius 1 is 1.20 bits per heavy atom. The zero-order valence-corrected chi connectivity index (χ0v) is 23.3. The Hall–Kier alpha value is -4.37. The van der Waals surface area contributed by atoms with E-state index in [1.54, 1.807) is 60.5 Å². The van der Waals surface area contributed by atoms with Crippen molar-refractivity contribution in [3.8, 4) is 11.6 Å². The summed E-state index contributed by atoms with van der Waals surface area (Å²) in [5, 5.41) is 12.8. The molecule has 0 saturated carbocycles. The molecule has 3 amide bonds. The molecule has 2 aromatic carbocycles. The number of fused-ring (bicyclic) bond motifs is 1. The molecule has 9 nitrogen and oxygen atoms in total. The van der Waals surface area contributed by atoms with E-state index in [4.69, 9.17) is 9.47 Å². The van der Waals surface area contributed by atoms with Crippen LogP contribution >= 0.6 is 0 Å². The number of hydrogen-bond acceptors (Lipinski definition) is 6. The Labute approximate surface area is 235 Å². The lowest BCUT2D eigenvalue weighted by Gasteiger charge is -2.37.